The molecular weight excluding hydrogens is 296 g/mol. The predicted molar refractivity (Wildman–Crippen MR) is 82.5 cm³/mol. The van der Waals surface area contributed by atoms with Gasteiger partial charge in [-0.1, -0.05) is 0 Å². The van der Waals surface area contributed by atoms with Crippen molar-refractivity contribution in [2.45, 2.75) is 25.3 Å². The molecule has 0 bridgehead atoms. The van der Waals surface area contributed by atoms with Gasteiger partial charge in [0.1, 0.15) is 6.04 Å². The molecule has 1 aromatic heterocycles. The fourth-order valence-electron chi connectivity index (χ4n) is 3.04. The highest BCUT2D eigenvalue weighted by molar-refractivity contribution is 5.94. The molecular formula is C16H20N4O3. The molecule has 2 fully saturated rings. The zero-order valence-electron chi connectivity index (χ0n) is 12.9. The van der Waals surface area contributed by atoms with E-state index in [9.17, 15) is 14.4 Å². The van der Waals surface area contributed by atoms with Gasteiger partial charge < -0.3 is 15.1 Å². The van der Waals surface area contributed by atoms with Crippen LogP contribution >= 0.6 is 0 Å². The van der Waals surface area contributed by atoms with Gasteiger partial charge in [0.25, 0.3) is 5.91 Å². The van der Waals surface area contributed by atoms with Crippen molar-refractivity contribution >= 4 is 17.7 Å². The van der Waals surface area contributed by atoms with E-state index in [2.05, 4.69) is 10.3 Å². The highest BCUT2D eigenvalue weighted by Gasteiger charge is 2.32. The first-order valence-corrected chi connectivity index (χ1v) is 7.92. The fraction of sp³-hybridized carbons (Fsp3) is 0.500. The summed E-state index contributed by atoms with van der Waals surface area (Å²) < 4.78 is 0. The number of amides is 3. The standard InChI is InChI=1S/C16H20N4O3/c21-14-3-2-13(18-14)16(23)20-9-1-8-19(10-11-20)15(22)12-4-6-17-7-5-12/h4-7,13H,1-3,8-11H2,(H,18,21). The lowest BCUT2D eigenvalue weighted by molar-refractivity contribution is -0.134. The number of hydrogen-bond acceptors (Lipinski definition) is 4. The van der Waals surface area contributed by atoms with Gasteiger partial charge in [0.15, 0.2) is 0 Å². The van der Waals surface area contributed by atoms with Crippen molar-refractivity contribution in [2.24, 2.45) is 0 Å². The molecule has 2 aliphatic heterocycles. The van der Waals surface area contributed by atoms with Crippen LogP contribution in [0.15, 0.2) is 24.5 Å². The first-order valence-electron chi connectivity index (χ1n) is 7.92. The van der Waals surface area contributed by atoms with E-state index in [1.807, 2.05) is 0 Å². The minimum atomic E-state index is -0.398. The van der Waals surface area contributed by atoms with Crippen LogP contribution in [-0.4, -0.2) is 64.7 Å². The topological polar surface area (TPSA) is 82.6 Å². The van der Waals surface area contributed by atoms with E-state index < -0.39 is 6.04 Å². The van der Waals surface area contributed by atoms with E-state index in [1.165, 1.54) is 0 Å². The summed E-state index contributed by atoms with van der Waals surface area (Å²) in [6.45, 7) is 2.25. The lowest BCUT2D eigenvalue weighted by Gasteiger charge is -2.24. The van der Waals surface area contributed by atoms with Gasteiger partial charge >= 0.3 is 0 Å². The maximum absolute atomic E-state index is 12.5. The summed E-state index contributed by atoms with van der Waals surface area (Å²) in [6.07, 6.45) is 4.92. The number of hydrogen-bond donors (Lipinski definition) is 1. The first kappa shape index (κ1) is 15.5. The Morgan fingerprint density at radius 1 is 1.09 bits per heavy atom. The summed E-state index contributed by atoms with van der Waals surface area (Å²) >= 11 is 0. The SMILES string of the molecule is O=C1CCC(C(=O)N2CCCN(C(=O)c3ccncc3)CC2)N1. The van der Waals surface area contributed by atoms with Gasteiger partial charge in [0, 0.05) is 50.6 Å². The van der Waals surface area contributed by atoms with Crippen LogP contribution < -0.4 is 5.32 Å². The molecule has 0 spiro atoms. The third-order valence-electron chi connectivity index (χ3n) is 4.32. The Morgan fingerprint density at radius 2 is 1.78 bits per heavy atom. The molecule has 3 heterocycles. The molecule has 7 nitrogen and oxygen atoms in total. The molecule has 7 heteroatoms. The van der Waals surface area contributed by atoms with Gasteiger partial charge in [-0.05, 0) is 25.0 Å². The molecule has 0 radical (unpaired) electrons. The van der Waals surface area contributed by atoms with E-state index in [4.69, 9.17) is 0 Å². The summed E-state index contributed by atoms with van der Waals surface area (Å²) in [7, 11) is 0. The quantitative estimate of drug-likeness (QED) is 0.835. The number of rotatable bonds is 2. The van der Waals surface area contributed by atoms with Gasteiger partial charge in [0.05, 0.1) is 0 Å². The number of carbonyl (C=O) groups excluding carboxylic acids is 3. The molecule has 0 aromatic carbocycles. The Balaban J connectivity index is 1.60. The number of nitrogens with zero attached hydrogens (tertiary/aromatic N) is 3. The number of carbonyl (C=O) groups is 3. The molecule has 1 atom stereocenters. The molecule has 23 heavy (non-hydrogen) atoms. The van der Waals surface area contributed by atoms with E-state index in [0.717, 1.165) is 6.42 Å². The summed E-state index contributed by atoms with van der Waals surface area (Å²) in [4.78, 5) is 43.6. The fourth-order valence-corrected chi connectivity index (χ4v) is 3.04. The molecule has 3 rings (SSSR count). The molecule has 3 amide bonds. The zero-order chi connectivity index (χ0) is 16.2. The van der Waals surface area contributed by atoms with Gasteiger partial charge in [0.2, 0.25) is 11.8 Å². The molecule has 2 saturated heterocycles. The molecule has 0 aliphatic carbocycles. The first-order chi connectivity index (χ1) is 11.1. The van der Waals surface area contributed by atoms with Crippen molar-refractivity contribution in [1.29, 1.82) is 0 Å². The van der Waals surface area contributed by atoms with Crippen LogP contribution in [-0.2, 0) is 9.59 Å². The summed E-state index contributed by atoms with van der Waals surface area (Å²) in [5.41, 5.74) is 0.614. The largest absolute Gasteiger partial charge is 0.344 e. The van der Waals surface area contributed by atoms with Crippen molar-refractivity contribution < 1.29 is 14.4 Å². The number of aromatic nitrogens is 1. The average Bonchev–Trinajstić information content (AvgIpc) is 2.87. The smallest absolute Gasteiger partial charge is 0.254 e. The second-order valence-electron chi connectivity index (χ2n) is 5.87. The van der Waals surface area contributed by atoms with Crippen LogP contribution in [0.25, 0.3) is 0 Å². The van der Waals surface area contributed by atoms with Crippen molar-refractivity contribution in [3.8, 4) is 0 Å². The zero-order valence-corrected chi connectivity index (χ0v) is 12.9. The molecule has 1 aromatic rings. The number of pyridine rings is 1. The van der Waals surface area contributed by atoms with E-state index in [1.54, 1.807) is 34.3 Å². The molecule has 2 aliphatic rings. The van der Waals surface area contributed by atoms with Gasteiger partial charge in [-0.3, -0.25) is 19.4 Å². The second kappa shape index (κ2) is 6.76. The normalized spacial score (nSPS) is 21.7. The van der Waals surface area contributed by atoms with E-state index >= 15 is 0 Å². The van der Waals surface area contributed by atoms with Crippen molar-refractivity contribution in [1.82, 2.24) is 20.1 Å². The molecule has 0 saturated carbocycles. The van der Waals surface area contributed by atoms with Crippen LogP contribution in [0, 0.1) is 0 Å². The van der Waals surface area contributed by atoms with Gasteiger partial charge in [-0.15, -0.1) is 0 Å². The Bertz CT molecular complexity index is 605. The Hall–Kier alpha value is -2.44. The Morgan fingerprint density at radius 3 is 2.48 bits per heavy atom. The van der Waals surface area contributed by atoms with Crippen LogP contribution in [0.5, 0.6) is 0 Å². The molecule has 1 N–H and O–H groups in total. The van der Waals surface area contributed by atoms with E-state index in [0.29, 0.717) is 44.6 Å². The van der Waals surface area contributed by atoms with Crippen LogP contribution in [0.2, 0.25) is 0 Å². The van der Waals surface area contributed by atoms with E-state index in [-0.39, 0.29) is 17.7 Å². The molecule has 1 unspecified atom stereocenters. The highest BCUT2D eigenvalue weighted by Crippen LogP contribution is 2.13. The highest BCUT2D eigenvalue weighted by atomic mass is 16.2. The maximum atomic E-state index is 12.5. The monoisotopic (exact) mass is 316 g/mol. The van der Waals surface area contributed by atoms with Gasteiger partial charge in [-0.2, -0.15) is 0 Å². The summed E-state index contributed by atoms with van der Waals surface area (Å²) in [6, 6.07) is 3.00. The minimum absolute atomic E-state index is 0.0316. The lowest BCUT2D eigenvalue weighted by atomic mass is 10.2. The predicted octanol–water partition coefficient (Wildman–Crippen LogP) is 0.0347. The van der Waals surface area contributed by atoms with Gasteiger partial charge in [-0.25, -0.2) is 0 Å². The van der Waals surface area contributed by atoms with Crippen LogP contribution in [0.1, 0.15) is 29.6 Å². The van der Waals surface area contributed by atoms with Crippen LogP contribution in [0.3, 0.4) is 0 Å². The van der Waals surface area contributed by atoms with Crippen LogP contribution in [0.4, 0.5) is 0 Å². The number of nitrogens with one attached hydrogen (secondary N) is 1. The third-order valence-corrected chi connectivity index (χ3v) is 4.32. The summed E-state index contributed by atoms with van der Waals surface area (Å²) in [5, 5.41) is 2.71. The van der Waals surface area contributed by atoms with Crippen molar-refractivity contribution in [2.75, 3.05) is 26.2 Å². The lowest BCUT2D eigenvalue weighted by Crippen LogP contribution is -2.46. The maximum Gasteiger partial charge on any atom is 0.254 e. The van der Waals surface area contributed by atoms with Crippen molar-refractivity contribution in [3.05, 3.63) is 30.1 Å². The Labute approximate surface area is 134 Å². The Kier molecular flexibility index (Phi) is 4.55. The van der Waals surface area contributed by atoms with Crippen molar-refractivity contribution in [3.63, 3.8) is 0 Å². The summed E-state index contributed by atoms with van der Waals surface area (Å²) in [5.74, 6) is -0.127. The minimum Gasteiger partial charge on any atom is -0.344 e. The molecule has 122 valence electrons. The average molecular weight is 316 g/mol. The third kappa shape index (κ3) is 3.49. The second-order valence-corrected chi connectivity index (χ2v) is 5.87.